The van der Waals surface area contributed by atoms with Crippen molar-refractivity contribution in [1.29, 1.82) is 0 Å². The molecule has 0 saturated carbocycles. The first-order valence-electron chi connectivity index (χ1n) is 8.15. The lowest BCUT2D eigenvalue weighted by atomic mass is 10.1. The third kappa shape index (κ3) is 3.72. The molecule has 1 unspecified atom stereocenters. The second kappa shape index (κ2) is 7.61. The van der Waals surface area contributed by atoms with Gasteiger partial charge in [-0.05, 0) is 43.0 Å². The van der Waals surface area contributed by atoms with Crippen LogP contribution >= 0.6 is 11.8 Å². The van der Waals surface area contributed by atoms with E-state index >= 15 is 0 Å². The summed E-state index contributed by atoms with van der Waals surface area (Å²) in [7, 11) is 0. The molecule has 0 spiro atoms. The van der Waals surface area contributed by atoms with E-state index in [4.69, 9.17) is 0 Å². The molecule has 1 amide bonds. The highest BCUT2D eigenvalue weighted by Gasteiger charge is 2.13. The number of benzene rings is 2. The molecule has 0 fully saturated rings. The Labute approximate surface area is 154 Å². The number of carbonyl (C=O) groups is 1. The number of nitrogens with one attached hydrogen (secondary N) is 2. The van der Waals surface area contributed by atoms with Crippen LogP contribution < -0.4 is 16.4 Å². The largest absolute Gasteiger partial charge is 0.348 e. The summed E-state index contributed by atoms with van der Waals surface area (Å²) in [5.74, 6) is -0.348. The van der Waals surface area contributed by atoms with Crippen molar-refractivity contribution in [2.75, 3.05) is 6.26 Å². The Bertz CT molecular complexity index is 1050. The third-order valence-electron chi connectivity index (χ3n) is 4.18. The van der Waals surface area contributed by atoms with Gasteiger partial charge in [0.05, 0.1) is 16.8 Å². The summed E-state index contributed by atoms with van der Waals surface area (Å²) >= 11 is 1.65. The normalized spacial score (nSPS) is 12.1. The molecule has 0 aliphatic carbocycles. The minimum absolute atomic E-state index is 0.207. The molecule has 0 radical (unpaired) electrons. The van der Waals surface area contributed by atoms with E-state index in [9.17, 15) is 14.4 Å². The highest BCUT2D eigenvalue weighted by Crippen LogP contribution is 2.18. The minimum atomic E-state index is -0.396. The quantitative estimate of drug-likeness (QED) is 0.676. The van der Waals surface area contributed by atoms with Crippen LogP contribution in [-0.4, -0.2) is 21.9 Å². The van der Waals surface area contributed by atoms with Crippen LogP contribution in [0.4, 0.5) is 0 Å². The number of nitrogens with zero attached hydrogens (tertiary/aromatic N) is 1. The average Bonchev–Trinajstić information content (AvgIpc) is 2.66. The molecule has 1 aromatic heterocycles. The maximum absolute atomic E-state index is 12.5. The van der Waals surface area contributed by atoms with Gasteiger partial charge in [-0.3, -0.25) is 19.5 Å². The molecule has 3 aromatic rings. The average molecular weight is 369 g/mol. The van der Waals surface area contributed by atoms with E-state index in [0.717, 1.165) is 15.1 Å². The van der Waals surface area contributed by atoms with Crippen molar-refractivity contribution < 1.29 is 4.79 Å². The summed E-state index contributed by atoms with van der Waals surface area (Å²) in [6, 6.07) is 14.2. The lowest BCUT2D eigenvalue weighted by Crippen LogP contribution is -2.37. The number of fused-ring (bicyclic) bond motifs is 1. The smallest absolute Gasteiger partial charge is 0.273 e. The molecule has 0 aliphatic rings. The molecule has 0 bridgehead atoms. The predicted octanol–water partition coefficient (Wildman–Crippen LogP) is 2.29. The fraction of sp³-hybridized carbons (Fsp3) is 0.211. The molecule has 2 aromatic carbocycles. The van der Waals surface area contributed by atoms with Crippen molar-refractivity contribution in [1.82, 2.24) is 15.1 Å². The van der Waals surface area contributed by atoms with Gasteiger partial charge < -0.3 is 5.32 Å². The zero-order valence-corrected chi connectivity index (χ0v) is 15.3. The third-order valence-corrected chi connectivity index (χ3v) is 4.92. The number of aromatic amines is 1. The summed E-state index contributed by atoms with van der Waals surface area (Å²) < 4.78 is 1.05. The van der Waals surface area contributed by atoms with Crippen molar-refractivity contribution >= 4 is 28.4 Å². The number of hydrogen-bond donors (Lipinski definition) is 2. The molecule has 26 heavy (non-hydrogen) atoms. The summed E-state index contributed by atoms with van der Waals surface area (Å²) in [5, 5.41) is 5.92. The Morgan fingerprint density at radius 3 is 2.42 bits per heavy atom. The number of amides is 1. The first-order valence-corrected chi connectivity index (χ1v) is 9.37. The highest BCUT2D eigenvalue weighted by molar-refractivity contribution is 7.98. The van der Waals surface area contributed by atoms with Gasteiger partial charge in [0.2, 0.25) is 5.91 Å². The Hall–Kier alpha value is -2.80. The molecule has 3 rings (SSSR count). The van der Waals surface area contributed by atoms with Gasteiger partial charge >= 0.3 is 0 Å². The highest BCUT2D eigenvalue weighted by atomic mass is 32.2. The maximum Gasteiger partial charge on any atom is 0.273 e. The fourth-order valence-electron chi connectivity index (χ4n) is 2.76. The number of hydrogen-bond acceptors (Lipinski definition) is 4. The number of aromatic nitrogens is 2. The van der Waals surface area contributed by atoms with Crippen LogP contribution in [0.1, 0.15) is 18.5 Å². The number of rotatable bonds is 5. The predicted molar refractivity (Wildman–Crippen MR) is 104 cm³/mol. The van der Waals surface area contributed by atoms with Gasteiger partial charge in [0.1, 0.15) is 6.54 Å². The van der Waals surface area contributed by atoms with Crippen LogP contribution in [0.25, 0.3) is 10.8 Å². The van der Waals surface area contributed by atoms with E-state index < -0.39 is 11.1 Å². The van der Waals surface area contributed by atoms with E-state index in [-0.39, 0.29) is 18.5 Å². The molecule has 134 valence electrons. The lowest BCUT2D eigenvalue weighted by molar-refractivity contribution is -0.122. The van der Waals surface area contributed by atoms with Gasteiger partial charge in [0.15, 0.2) is 0 Å². The molecule has 0 saturated heterocycles. The van der Waals surface area contributed by atoms with Crippen LogP contribution in [0.2, 0.25) is 0 Å². The van der Waals surface area contributed by atoms with Gasteiger partial charge in [0.25, 0.3) is 11.1 Å². The lowest BCUT2D eigenvalue weighted by Gasteiger charge is -2.15. The van der Waals surface area contributed by atoms with E-state index in [2.05, 4.69) is 10.4 Å². The van der Waals surface area contributed by atoms with Crippen LogP contribution in [0.5, 0.6) is 0 Å². The maximum atomic E-state index is 12.5. The Morgan fingerprint density at radius 2 is 1.77 bits per heavy atom. The van der Waals surface area contributed by atoms with Crippen molar-refractivity contribution in [3.63, 3.8) is 0 Å². The second-order valence-electron chi connectivity index (χ2n) is 5.94. The van der Waals surface area contributed by atoms with Crippen LogP contribution in [0.3, 0.4) is 0 Å². The van der Waals surface area contributed by atoms with Crippen LogP contribution in [-0.2, 0) is 11.3 Å². The Balaban J connectivity index is 1.77. The van der Waals surface area contributed by atoms with Crippen molar-refractivity contribution in [3.8, 4) is 0 Å². The molecule has 6 nitrogen and oxygen atoms in total. The van der Waals surface area contributed by atoms with Gasteiger partial charge in [-0.25, -0.2) is 4.68 Å². The summed E-state index contributed by atoms with van der Waals surface area (Å²) in [6.07, 6.45) is 2.00. The van der Waals surface area contributed by atoms with E-state index in [1.54, 1.807) is 36.0 Å². The molecule has 2 N–H and O–H groups in total. The fourth-order valence-corrected chi connectivity index (χ4v) is 3.17. The number of H-pyrrole nitrogens is 1. The van der Waals surface area contributed by atoms with E-state index in [0.29, 0.717) is 10.8 Å². The molecule has 7 heteroatoms. The van der Waals surface area contributed by atoms with Gasteiger partial charge in [0, 0.05) is 4.90 Å². The molecular weight excluding hydrogens is 350 g/mol. The molecule has 0 aliphatic heterocycles. The molecule has 1 atom stereocenters. The monoisotopic (exact) mass is 369 g/mol. The first kappa shape index (κ1) is 18.0. The number of thioether (sulfide) groups is 1. The Kier molecular flexibility index (Phi) is 5.27. The van der Waals surface area contributed by atoms with Crippen molar-refractivity contribution in [2.45, 2.75) is 24.4 Å². The van der Waals surface area contributed by atoms with Crippen molar-refractivity contribution in [3.05, 3.63) is 74.8 Å². The topological polar surface area (TPSA) is 84.0 Å². The summed E-state index contributed by atoms with van der Waals surface area (Å²) in [5.41, 5.74) is 0.177. The van der Waals surface area contributed by atoms with Gasteiger partial charge in [-0.15, -0.1) is 11.8 Å². The SMILES string of the molecule is CSc1ccc(C(C)NC(=O)Cn2[nH]c(=O)c3ccccc3c2=O)cc1. The van der Waals surface area contributed by atoms with Crippen molar-refractivity contribution in [2.24, 2.45) is 0 Å². The van der Waals surface area contributed by atoms with E-state index in [1.165, 1.54) is 0 Å². The number of carbonyl (C=O) groups excluding carboxylic acids is 1. The standard InChI is InChI=1S/C19H19N3O3S/c1-12(13-7-9-14(26-2)10-8-13)20-17(23)11-22-19(25)16-6-4-3-5-15(16)18(24)21-22/h3-10,12H,11H2,1-2H3,(H,20,23)(H,21,24). The minimum Gasteiger partial charge on any atom is -0.348 e. The van der Waals surface area contributed by atoms with E-state index in [1.807, 2.05) is 37.4 Å². The van der Waals surface area contributed by atoms with Crippen LogP contribution in [0, 0.1) is 0 Å². The summed E-state index contributed by atoms with van der Waals surface area (Å²) in [6.45, 7) is 1.63. The van der Waals surface area contributed by atoms with Gasteiger partial charge in [-0.1, -0.05) is 24.3 Å². The zero-order valence-electron chi connectivity index (χ0n) is 14.5. The Morgan fingerprint density at radius 1 is 1.12 bits per heavy atom. The second-order valence-corrected chi connectivity index (χ2v) is 6.82. The first-order chi connectivity index (χ1) is 12.5. The molecule has 1 heterocycles. The molecular formula is C19H19N3O3S. The zero-order chi connectivity index (χ0) is 18.7. The van der Waals surface area contributed by atoms with Crippen LogP contribution in [0.15, 0.2) is 63.0 Å². The van der Waals surface area contributed by atoms with Gasteiger partial charge in [-0.2, -0.15) is 0 Å². The summed E-state index contributed by atoms with van der Waals surface area (Å²) in [4.78, 5) is 38.0.